The number of unbranched alkanes of at least 4 members (excludes halogenated alkanes) is 1. The van der Waals surface area contributed by atoms with Crippen LogP contribution < -0.4 is 4.74 Å². The first kappa shape index (κ1) is 12.5. The minimum atomic E-state index is 0.722. The molecular weight excluding hydrogens is 200 g/mol. The maximum absolute atomic E-state index is 10.5. The van der Waals surface area contributed by atoms with Gasteiger partial charge in [0.2, 0.25) is 0 Å². The van der Waals surface area contributed by atoms with Crippen LogP contribution in [0.2, 0.25) is 0 Å². The molecule has 0 heterocycles. The lowest BCUT2D eigenvalue weighted by atomic mass is 10.1. The van der Waals surface area contributed by atoms with Gasteiger partial charge in [0.15, 0.2) is 0 Å². The van der Waals surface area contributed by atoms with Crippen molar-refractivity contribution in [1.29, 1.82) is 0 Å². The molecule has 0 radical (unpaired) electrons. The largest absolute Gasteiger partial charge is 0.494 e. The van der Waals surface area contributed by atoms with Crippen LogP contribution in [0.15, 0.2) is 29.8 Å². The third-order valence-corrected chi connectivity index (χ3v) is 2.23. The van der Waals surface area contributed by atoms with Crippen molar-refractivity contribution in [2.75, 3.05) is 6.61 Å². The van der Waals surface area contributed by atoms with E-state index in [0.29, 0.717) is 0 Å². The Morgan fingerprint density at radius 3 is 2.56 bits per heavy atom. The number of carbonyl (C=O) groups is 1. The zero-order chi connectivity index (χ0) is 11.8. The Morgan fingerprint density at radius 1 is 1.31 bits per heavy atom. The van der Waals surface area contributed by atoms with Crippen molar-refractivity contribution in [1.82, 2.24) is 0 Å². The van der Waals surface area contributed by atoms with E-state index >= 15 is 0 Å². The molecule has 0 aliphatic rings. The summed E-state index contributed by atoms with van der Waals surface area (Å²) in [6.07, 6.45) is 4.92. The van der Waals surface area contributed by atoms with Crippen molar-refractivity contribution in [2.24, 2.45) is 0 Å². The third-order valence-electron chi connectivity index (χ3n) is 2.23. The fourth-order valence-corrected chi connectivity index (χ4v) is 1.29. The van der Waals surface area contributed by atoms with Gasteiger partial charge in [0.25, 0.3) is 0 Å². The third kappa shape index (κ3) is 4.30. The molecule has 0 aliphatic carbocycles. The molecule has 1 aromatic carbocycles. The van der Waals surface area contributed by atoms with Gasteiger partial charge in [-0.05, 0) is 42.7 Å². The molecule has 0 aliphatic heterocycles. The SMILES string of the molecule is CCCCOc1ccc(C=C(C)C=O)cc1. The topological polar surface area (TPSA) is 26.3 Å². The summed E-state index contributed by atoms with van der Waals surface area (Å²) >= 11 is 0. The van der Waals surface area contributed by atoms with Crippen LogP contribution in [0.4, 0.5) is 0 Å². The van der Waals surface area contributed by atoms with Crippen LogP contribution >= 0.6 is 0 Å². The molecule has 2 heteroatoms. The molecule has 1 rings (SSSR count). The lowest BCUT2D eigenvalue weighted by Crippen LogP contribution is -1.95. The Balaban J connectivity index is 2.57. The Bertz CT molecular complexity index is 350. The number of allylic oxidation sites excluding steroid dienone is 1. The van der Waals surface area contributed by atoms with E-state index in [1.54, 1.807) is 6.92 Å². The first-order valence-corrected chi connectivity index (χ1v) is 5.62. The van der Waals surface area contributed by atoms with E-state index in [-0.39, 0.29) is 0 Å². The molecule has 16 heavy (non-hydrogen) atoms. The van der Waals surface area contributed by atoms with E-state index in [0.717, 1.165) is 42.6 Å². The van der Waals surface area contributed by atoms with Gasteiger partial charge in [0, 0.05) is 0 Å². The molecule has 0 unspecified atom stereocenters. The summed E-state index contributed by atoms with van der Waals surface area (Å²) in [6.45, 7) is 4.69. The van der Waals surface area contributed by atoms with Gasteiger partial charge in [0.05, 0.1) is 6.61 Å². The van der Waals surface area contributed by atoms with Gasteiger partial charge in [-0.1, -0.05) is 25.5 Å². The molecule has 0 aromatic heterocycles. The molecule has 0 bridgehead atoms. The number of benzene rings is 1. The first-order chi connectivity index (χ1) is 7.76. The highest BCUT2D eigenvalue weighted by molar-refractivity contribution is 5.80. The lowest BCUT2D eigenvalue weighted by Gasteiger charge is -2.05. The molecule has 0 saturated carbocycles. The van der Waals surface area contributed by atoms with Crippen molar-refractivity contribution in [2.45, 2.75) is 26.7 Å². The number of carbonyl (C=O) groups excluding carboxylic acids is 1. The highest BCUT2D eigenvalue weighted by Crippen LogP contribution is 2.14. The molecular formula is C14H18O2. The van der Waals surface area contributed by atoms with Crippen molar-refractivity contribution in [3.05, 3.63) is 35.4 Å². The zero-order valence-corrected chi connectivity index (χ0v) is 9.90. The van der Waals surface area contributed by atoms with Crippen LogP contribution in [0.5, 0.6) is 5.75 Å². The predicted molar refractivity (Wildman–Crippen MR) is 66.6 cm³/mol. The maximum atomic E-state index is 10.5. The smallest absolute Gasteiger partial charge is 0.145 e. The van der Waals surface area contributed by atoms with Crippen LogP contribution in [-0.4, -0.2) is 12.9 Å². The molecule has 0 atom stereocenters. The van der Waals surface area contributed by atoms with Gasteiger partial charge in [-0.3, -0.25) is 4.79 Å². The van der Waals surface area contributed by atoms with E-state index in [9.17, 15) is 4.79 Å². The maximum Gasteiger partial charge on any atom is 0.145 e. The standard InChI is InChI=1S/C14H18O2/c1-3-4-9-16-14-7-5-13(6-8-14)10-12(2)11-15/h5-8,10-11H,3-4,9H2,1-2H3. The summed E-state index contributed by atoms with van der Waals surface area (Å²) < 4.78 is 5.54. The minimum absolute atomic E-state index is 0.722. The van der Waals surface area contributed by atoms with Gasteiger partial charge in [-0.15, -0.1) is 0 Å². The quantitative estimate of drug-likeness (QED) is 0.415. The molecule has 0 spiro atoms. The molecule has 0 N–H and O–H groups in total. The Morgan fingerprint density at radius 2 is 2.00 bits per heavy atom. The second kappa shape index (κ2) is 6.83. The lowest BCUT2D eigenvalue weighted by molar-refractivity contribution is -0.104. The van der Waals surface area contributed by atoms with Crippen LogP contribution in [-0.2, 0) is 4.79 Å². The van der Waals surface area contributed by atoms with E-state index in [2.05, 4.69) is 6.92 Å². The second-order valence-corrected chi connectivity index (χ2v) is 3.78. The Hall–Kier alpha value is -1.57. The highest BCUT2D eigenvalue weighted by atomic mass is 16.5. The normalized spacial score (nSPS) is 11.2. The van der Waals surface area contributed by atoms with Gasteiger partial charge in [-0.25, -0.2) is 0 Å². The van der Waals surface area contributed by atoms with Gasteiger partial charge < -0.3 is 4.74 Å². The summed E-state index contributed by atoms with van der Waals surface area (Å²) in [5, 5.41) is 0. The number of hydrogen-bond donors (Lipinski definition) is 0. The summed E-state index contributed by atoms with van der Waals surface area (Å²) in [5.41, 5.74) is 1.74. The average molecular weight is 218 g/mol. The van der Waals surface area contributed by atoms with Crippen molar-refractivity contribution < 1.29 is 9.53 Å². The van der Waals surface area contributed by atoms with E-state index < -0.39 is 0 Å². The Labute approximate surface area is 96.9 Å². The fourth-order valence-electron chi connectivity index (χ4n) is 1.29. The first-order valence-electron chi connectivity index (χ1n) is 5.62. The number of aldehydes is 1. The summed E-state index contributed by atoms with van der Waals surface area (Å²) in [7, 11) is 0. The molecule has 2 nitrogen and oxygen atoms in total. The van der Waals surface area contributed by atoms with Crippen molar-refractivity contribution in [3.63, 3.8) is 0 Å². The van der Waals surface area contributed by atoms with Gasteiger partial charge in [-0.2, -0.15) is 0 Å². The summed E-state index contributed by atoms with van der Waals surface area (Å²) in [4.78, 5) is 10.5. The summed E-state index contributed by atoms with van der Waals surface area (Å²) in [5.74, 6) is 0.884. The van der Waals surface area contributed by atoms with Crippen molar-refractivity contribution in [3.8, 4) is 5.75 Å². The van der Waals surface area contributed by atoms with Crippen LogP contribution in [0.25, 0.3) is 6.08 Å². The molecule has 1 aromatic rings. The van der Waals surface area contributed by atoms with Crippen molar-refractivity contribution >= 4 is 12.4 Å². The van der Waals surface area contributed by atoms with E-state index in [1.165, 1.54) is 0 Å². The highest BCUT2D eigenvalue weighted by Gasteiger charge is 1.94. The van der Waals surface area contributed by atoms with Gasteiger partial charge >= 0.3 is 0 Å². The van der Waals surface area contributed by atoms with Crippen LogP contribution in [0.1, 0.15) is 32.3 Å². The van der Waals surface area contributed by atoms with Crippen LogP contribution in [0, 0.1) is 0 Å². The predicted octanol–water partition coefficient (Wildman–Crippen LogP) is 3.47. The molecule has 0 amide bonds. The molecule has 0 fully saturated rings. The van der Waals surface area contributed by atoms with Gasteiger partial charge in [0.1, 0.15) is 12.0 Å². The van der Waals surface area contributed by atoms with E-state index in [4.69, 9.17) is 4.74 Å². The summed E-state index contributed by atoms with van der Waals surface area (Å²) in [6, 6.07) is 7.77. The number of hydrogen-bond acceptors (Lipinski definition) is 2. The fraction of sp³-hybridized carbons (Fsp3) is 0.357. The van der Waals surface area contributed by atoms with Crippen LogP contribution in [0.3, 0.4) is 0 Å². The second-order valence-electron chi connectivity index (χ2n) is 3.78. The molecule has 0 saturated heterocycles. The molecule has 86 valence electrons. The minimum Gasteiger partial charge on any atom is -0.494 e. The monoisotopic (exact) mass is 218 g/mol. The Kier molecular flexibility index (Phi) is 5.34. The zero-order valence-electron chi connectivity index (χ0n) is 9.90. The average Bonchev–Trinajstić information content (AvgIpc) is 2.31. The van der Waals surface area contributed by atoms with E-state index in [1.807, 2.05) is 30.3 Å². The number of ether oxygens (including phenoxy) is 1. The number of rotatable bonds is 6.